The number of benzene rings is 1. The molecule has 0 saturated carbocycles. The first kappa shape index (κ1) is 15.1. The van der Waals surface area contributed by atoms with Gasteiger partial charge < -0.3 is 5.32 Å². The van der Waals surface area contributed by atoms with Crippen LogP contribution in [0.15, 0.2) is 30.3 Å². The molecule has 0 aliphatic rings. The maximum Gasteiger partial charge on any atom is 0.214 e. The summed E-state index contributed by atoms with van der Waals surface area (Å²) in [6, 6.07) is 9.70. The van der Waals surface area contributed by atoms with Crippen LogP contribution in [0, 0.1) is 0 Å². The van der Waals surface area contributed by atoms with E-state index in [0.717, 1.165) is 18.5 Å². The first-order valence-corrected chi connectivity index (χ1v) is 7.79. The summed E-state index contributed by atoms with van der Waals surface area (Å²) in [4.78, 5) is 0. The molecule has 1 N–H and O–H groups in total. The van der Waals surface area contributed by atoms with Gasteiger partial charge in [0.25, 0.3) is 0 Å². The Balaban J connectivity index is 2.44. The first-order valence-electron chi connectivity index (χ1n) is 6.19. The average Bonchev–Trinajstić information content (AvgIpc) is 2.38. The fourth-order valence-electron chi connectivity index (χ4n) is 1.66. The van der Waals surface area contributed by atoms with Gasteiger partial charge in [-0.25, -0.2) is 12.7 Å². The quantitative estimate of drug-likeness (QED) is 0.720. The highest BCUT2D eigenvalue weighted by molar-refractivity contribution is 7.89. The molecule has 0 spiro atoms. The van der Waals surface area contributed by atoms with E-state index in [1.807, 2.05) is 37.4 Å². The molecule has 0 amide bonds. The zero-order valence-electron chi connectivity index (χ0n) is 11.1. The highest BCUT2D eigenvalue weighted by atomic mass is 32.2. The van der Waals surface area contributed by atoms with Crippen LogP contribution in [0.5, 0.6) is 0 Å². The fourth-order valence-corrected chi connectivity index (χ4v) is 2.88. The Morgan fingerprint density at radius 3 is 2.50 bits per heavy atom. The third-order valence-corrected chi connectivity index (χ3v) is 4.72. The van der Waals surface area contributed by atoms with Crippen LogP contribution in [0.4, 0.5) is 0 Å². The lowest BCUT2D eigenvalue weighted by atomic mass is 10.2. The van der Waals surface area contributed by atoms with Gasteiger partial charge in [-0.2, -0.15) is 0 Å². The van der Waals surface area contributed by atoms with E-state index in [0.29, 0.717) is 13.0 Å². The van der Waals surface area contributed by atoms with Gasteiger partial charge in [0.05, 0.1) is 5.75 Å². The molecule has 0 fully saturated rings. The second-order valence-electron chi connectivity index (χ2n) is 4.33. The third-order valence-electron chi connectivity index (χ3n) is 2.87. The Hall–Kier alpha value is -0.910. The number of aryl methyl sites for hydroxylation is 1. The molecular weight excluding hydrogens is 248 g/mol. The van der Waals surface area contributed by atoms with Crippen LogP contribution in [0.25, 0.3) is 0 Å². The summed E-state index contributed by atoms with van der Waals surface area (Å²) in [5.41, 5.74) is 1.06. The van der Waals surface area contributed by atoms with Gasteiger partial charge in [0.2, 0.25) is 10.0 Å². The van der Waals surface area contributed by atoms with Crippen molar-refractivity contribution in [2.24, 2.45) is 0 Å². The van der Waals surface area contributed by atoms with E-state index in [9.17, 15) is 8.42 Å². The Labute approximate surface area is 110 Å². The van der Waals surface area contributed by atoms with Crippen LogP contribution in [0.3, 0.4) is 0 Å². The molecule has 0 saturated heterocycles. The molecule has 4 nitrogen and oxygen atoms in total. The van der Waals surface area contributed by atoms with Gasteiger partial charge in [-0.3, -0.25) is 0 Å². The van der Waals surface area contributed by atoms with Crippen molar-refractivity contribution < 1.29 is 8.42 Å². The lowest BCUT2D eigenvalue weighted by Gasteiger charge is -2.16. The third kappa shape index (κ3) is 5.16. The van der Waals surface area contributed by atoms with Gasteiger partial charge in [-0.1, -0.05) is 30.3 Å². The van der Waals surface area contributed by atoms with E-state index in [1.54, 1.807) is 7.05 Å². The van der Waals surface area contributed by atoms with Crippen LogP contribution >= 0.6 is 0 Å². The molecule has 18 heavy (non-hydrogen) atoms. The molecule has 0 bridgehead atoms. The van der Waals surface area contributed by atoms with Crippen LogP contribution in [0.1, 0.15) is 12.0 Å². The molecular formula is C13H22N2O2S. The highest BCUT2D eigenvalue weighted by Gasteiger charge is 2.16. The Morgan fingerprint density at radius 1 is 1.22 bits per heavy atom. The molecule has 0 radical (unpaired) electrons. The zero-order chi connectivity index (χ0) is 13.4. The van der Waals surface area contributed by atoms with Gasteiger partial charge in [0.15, 0.2) is 0 Å². The standard InChI is InChI=1S/C13H22N2O2S/c1-14-10-6-11-15(2)18(16,17)12-9-13-7-4-3-5-8-13/h3-5,7-8,14H,6,9-12H2,1-2H3. The zero-order valence-corrected chi connectivity index (χ0v) is 11.9. The second-order valence-corrected chi connectivity index (χ2v) is 6.53. The van der Waals surface area contributed by atoms with E-state index in [4.69, 9.17) is 0 Å². The Kier molecular flexibility index (Phi) is 6.32. The summed E-state index contributed by atoms with van der Waals surface area (Å²) in [7, 11) is 0.380. The summed E-state index contributed by atoms with van der Waals surface area (Å²) in [6.07, 6.45) is 1.40. The van der Waals surface area contributed by atoms with Crippen molar-refractivity contribution >= 4 is 10.0 Å². The number of nitrogens with one attached hydrogen (secondary N) is 1. The van der Waals surface area contributed by atoms with Gasteiger partial charge in [0, 0.05) is 13.6 Å². The molecule has 0 heterocycles. The van der Waals surface area contributed by atoms with E-state index in [2.05, 4.69) is 5.32 Å². The normalized spacial score (nSPS) is 11.9. The van der Waals surface area contributed by atoms with E-state index in [-0.39, 0.29) is 5.75 Å². The molecule has 102 valence electrons. The minimum Gasteiger partial charge on any atom is -0.320 e. The summed E-state index contributed by atoms with van der Waals surface area (Å²) in [5.74, 6) is 0.174. The number of sulfonamides is 1. The topological polar surface area (TPSA) is 49.4 Å². The summed E-state index contributed by atoms with van der Waals surface area (Å²) >= 11 is 0. The van der Waals surface area contributed by atoms with Gasteiger partial charge in [-0.15, -0.1) is 0 Å². The largest absolute Gasteiger partial charge is 0.320 e. The number of rotatable bonds is 8. The van der Waals surface area contributed by atoms with Crippen molar-refractivity contribution in [2.45, 2.75) is 12.8 Å². The van der Waals surface area contributed by atoms with Crippen LogP contribution in [-0.4, -0.2) is 45.7 Å². The summed E-state index contributed by atoms with van der Waals surface area (Å²) in [5, 5.41) is 3.01. The van der Waals surface area contributed by atoms with E-state index in [1.165, 1.54) is 4.31 Å². The molecule has 0 aliphatic heterocycles. The Bertz CT molecular complexity index is 432. The summed E-state index contributed by atoms with van der Waals surface area (Å²) in [6.45, 7) is 1.40. The maximum atomic E-state index is 12.0. The number of nitrogens with zero attached hydrogens (tertiary/aromatic N) is 1. The van der Waals surface area contributed by atoms with Crippen molar-refractivity contribution in [3.8, 4) is 0 Å². The molecule has 0 aromatic heterocycles. The van der Waals surface area contributed by atoms with E-state index >= 15 is 0 Å². The number of hydrogen-bond acceptors (Lipinski definition) is 3. The molecule has 0 atom stereocenters. The van der Waals surface area contributed by atoms with Crippen molar-refractivity contribution in [3.05, 3.63) is 35.9 Å². The van der Waals surface area contributed by atoms with Gasteiger partial charge >= 0.3 is 0 Å². The highest BCUT2D eigenvalue weighted by Crippen LogP contribution is 2.05. The average molecular weight is 270 g/mol. The first-order chi connectivity index (χ1) is 8.56. The number of hydrogen-bond donors (Lipinski definition) is 1. The smallest absolute Gasteiger partial charge is 0.214 e. The predicted molar refractivity (Wildman–Crippen MR) is 75.1 cm³/mol. The van der Waals surface area contributed by atoms with Crippen molar-refractivity contribution in [3.63, 3.8) is 0 Å². The van der Waals surface area contributed by atoms with Crippen molar-refractivity contribution in [1.29, 1.82) is 0 Å². The van der Waals surface area contributed by atoms with Gasteiger partial charge in [-0.05, 0) is 32.0 Å². The van der Waals surface area contributed by atoms with Crippen LogP contribution in [0.2, 0.25) is 0 Å². The monoisotopic (exact) mass is 270 g/mol. The SMILES string of the molecule is CNCCCN(C)S(=O)(=O)CCc1ccccc1. The summed E-state index contributed by atoms with van der Waals surface area (Å²) < 4.78 is 25.5. The van der Waals surface area contributed by atoms with Crippen LogP contribution < -0.4 is 5.32 Å². The van der Waals surface area contributed by atoms with Crippen molar-refractivity contribution in [1.82, 2.24) is 9.62 Å². The minimum absolute atomic E-state index is 0.174. The Morgan fingerprint density at radius 2 is 1.89 bits per heavy atom. The van der Waals surface area contributed by atoms with E-state index < -0.39 is 10.0 Å². The van der Waals surface area contributed by atoms with Gasteiger partial charge in [0.1, 0.15) is 0 Å². The fraction of sp³-hybridized carbons (Fsp3) is 0.538. The lowest BCUT2D eigenvalue weighted by molar-refractivity contribution is 0.458. The molecule has 1 aromatic rings. The molecule has 1 aromatic carbocycles. The van der Waals surface area contributed by atoms with Crippen molar-refractivity contribution in [2.75, 3.05) is 32.9 Å². The molecule has 0 unspecified atom stereocenters. The second kappa shape index (κ2) is 7.51. The molecule has 5 heteroatoms. The predicted octanol–water partition coefficient (Wildman–Crippen LogP) is 1.10. The maximum absolute atomic E-state index is 12.0. The lowest BCUT2D eigenvalue weighted by Crippen LogP contribution is -2.32. The van der Waals surface area contributed by atoms with Crippen LogP contribution in [-0.2, 0) is 16.4 Å². The minimum atomic E-state index is -3.13. The molecule has 0 aliphatic carbocycles. The molecule has 1 rings (SSSR count).